The van der Waals surface area contributed by atoms with Crippen molar-refractivity contribution in [3.63, 3.8) is 0 Å². The number of anilines is 1. The van der Waals surface area contributed by atoms with Crippen LogP contribution in [0.3, 0.4) is 0 Å². The number of tetrazole rings is 1. The maximum Gasteiger partial charge on any atom is 0.414 e. The molecule has 4 rings (SSSR count). The van der Waals surface area contributed by atoms with E-state index in [-0.39, 0.29) is 13.2 Å². The van der Waals surface area contributed by atoms with Crippen LogP contribution >= 0.6 is 7.60 Å². The predicted molar refractivity (Wildman–Crippen MR) is 107 cm³/mol. The summed E-state index contributed by atoms with van der Waals surface area (Å²) in [5, 5.41) is 11.7. The third-order valence-corrected chi connectivity index (χ3v) is 5.08. The molecule has 3 aromatic rings. The molecule has 1 fully saturated rings. The van der Waals surface area contributed by atoms with E-state index in [0.717, 1.165) is 6.66 Å². The van der Waals surface area contributed by atoms with Crippen LogP contribution in [0.4, 0.5) is 14.9 Å². The first-order valence-electron chi connectivity index (χ1n) is 9.13. The highest BCUT2D eigenvalue weighted by Gasteiger charge is 2.34. The van der Waals surface area contributed by atoms with E-state index in [4.69, 9.17) is 9.26 Å². The molecule has 1 saturated heterocycles. The maximum atomic E-state index is 14.8. The zero-order chi connectivity index (χ0) is 22.2. The number of rotatable bonds is 6. The maximum absolute atomic E-state index is 14.8. The van der Waals surface area contributed by atoms with Crippen LogP contribution in [-0.4, -0.2) is 62.1 Å². The van der Waals surface area contributed by atoms with Gasteiger partial charge in [-0.1, -0.05) is 6.07 Å². The number of cyclic esters (lactones) is 1. The molecule has 0 saturated carbocycles. The minimum atomic E-state index is -3.69. The van der Waals surface area contributed by atoms with E-state index in [1.54, 1.807) is 25.2 Å². The van der Waals surface area contributed by atoms with Gasteiger partial charge in [0.2, 0.25) is 5.82 Å². The summed E-state index contributed by atoms with van der Waals surface area (Å²) < 4.78 is 36.0. The zero-order valence-corrected chi connectivity index (χ0v) is 17.4. The van der Waals surface area contributed by atoms with Crippen molar-refractivity contribution in [1.82, 2.24) is 25.2 Å². The normalized spacial score (nSPS) is 18.1. The first-order chi connectivity index (χ1) is 14.7. The van der Waals surface area contributed by atoms with Crippen LogP contribution in [0.1, 0.15) is 0 Å². The Bertz CT molecular complexity index is 1160. The quantitative estimate of drug-likeness (QED) is 0.564. The van der Waals surface area contributed by atoms with Crippen molar-refractivity contribution in [2.24, 2.45) is 7.05 Å². The molecule has 1 aliphatic heterocycles. The molecule has 2 atom stereocenters. The van der Waals surface area contributed by atoms with Gasteiger partial charge in [-0.3, -0.25) is 14.4 Å². The van der Waals surface area contributed by atoms with Gasteiger partial charge in [-0.05, 0) is 29.5 Å². The SMILES string of the molecule is Cn1nnc(-c2ccc(-c3ccc(N4C[C@H](COP(C)(=O)O)OC4=O)cc3F)cn2)n1. The Morgan fingerprint density at radius 1 is 1.35 bits per heavy atom. The van der Waals surface area contributed by atoms with Crippen molar-refractivity contribution in [2.75, 3.05) is 24.7 Å². The summed E-state index contributed by atoms with van der Waals surface area (Å²) in [7, 11) is -2.05. The number of carbonyl (C=O) groups is 1. The van der Waals surface area contributed by atoms with Gasteiger partial charge in [0.05, 0.1) is 25.9 Å². The van der Waals surface area contributed by atoms with Crippen molar-refractivity contribution in [3.05, 3.63) is 42.3 Å². The summed E-state index contributed by atoms with van der Waals surface area (Å²) in [4.78, 5) is 28.1. The molecular formula is C18H18FN6O5P. The Balaban J connectivity index is 1.49. The molecule has 0 aliphatic carbocycles. The molecule has 0 spiro atoms. The lowest BCUT2D eigenvalue weighted by Crippen LogP contribution is -2.25. The number of hydrogen-bond acceptors (Lipinski definition) is 8. The van der Waals surface area contributed by atoms with E-state index in [2.05, 4.69) is 20.4 Å². The summed E-state index contributed by atoms with van der Waals surface area (Å²) in [6, 6.07) is 7.68. The van der Waals surface area contributed by atoms with Gasteiger partial charge >= 0.3 is 13.7 Å². The summed E-state index contributed by atoms with van der Waals surface area (Å²) >= 11 is 0. The fraction of sp³-hybridized carbons (Fsp3) is 0.278. The van der Waals surface area contributed by atoms with E-state index in [0.29, 0.717) is 28.3 Å². The van der Waals surface area contributed by atoms with Gasteiger partial charge in [0.1, 0.15) is 17.6 Å². The molecule has 13 heteroatoms. The Hall–Kier alpha value is -3.21. The number of ether oxygens (including phenoxy) is 1. The van der Waals surface area contributed by atoms with Gasteiger partial charge in [-0.2, -0.15) is 4.80 Å². The van der Waals surface area contributed by atoms with Gasteiger partial charge in [0.15, 0.2) is 0 Å². The lowest BCUT2D eigenvalue weighted by atomic mass is 10.1. The smallest absolute Gasteiger partial charge is 0.414 e. The fourth-order valence-corrected chi connectivity index (χ4v) is 3.46. The number of carbonyl (C=O) groups excluding carboxylic acids is 1. The van der Waals surface area contributed by atoms with Gasteiger partial charge in [0.25, 0.3) is 0 Å². The Kier molecular flexibility index (Phi) is 5.52. The molecule has 0 bridgehead atoms. The van der Waals surface area contributed by atoms with E-state index in [1.165, 1.54) is 28.0 Å². The molecule has 31 heavy (non-hydrogen) atoms. The number of amides is 1. The largest absolute Gasteiger partial charge is 0.441 e. The van der Waals surface area contributed by atoms with Gasteiger partial charge in [0, 0.05) is 24.0 Å². The lowest BCUT2D eigenvalue weighted by Gasteiger charge is -2.14. The minimum Gasteiger partial charge on any atom is -0.441 e. The van der Waals surface area contributed by atoms with Crippen molar-refractivity contribution >= 4 is 19.4 Å². The highest BCUT2D eigenvalue weighted by molar-refractivity contribution is 7.51. The molecule has 1 amide bonds. The molecule has 11 nitrogen and oxygen atoms in total. The summed E-state index contributed by atoms with van der Waals surface area (Å²) in [6.07, 6.45) is 0.0772. The molecule has 1 aliphatic rings. The van der Waals surface area contributed by atoms with Crippen molar-refractivity contribution < 1.29 is 27.9 Å². The van der Waals surface area contributed by atoms with Gasteiger partial charge < -0.3 is 14.2 Å². The highest BCUT2D eigenvalue weighted by atomic mass is 31.2. The van der Waals surface area contributed by atoms with Crippen LogP contribution in [0.15, 0.2) is 36.5 Å². The van der Waals surface area contributed by atoms with Gasteiger partial charge in [-0.25, -0.2) is 9.18 Å². The molecule has 2 aromatic heterocycles. The third-order valence-electron chi connectivity index (χ3n) is 4.45. The molecule has 1 aromatic carbocycles. The molecule has 0 radical (unpaired) electrons. The molecule has 162 valence electrons. The second kappa shape index (κ2) is 8.14. The number of benzene rings is 1. The molecule has 1 unspecified atom stereocenters. The number of aryl methyl sites for hydroxylation is 1. The minimum absolute atomic E-state index is 0.0684. The number of aromatic nitrogens is 5. The first-order valence-corrected chi connectivity index (χ1v) is 11.2. The third kappa shape index (κ3) is 4.76. The summed E-state index contributed by atoms with van der Waals surface area (Å²) in [6.45, 7) is 0.880. The Morgan fingerprint density at radius 3 is 2.77 bits per heavy atom. The van der Waals surface area contributed by atoms with Crippen molar-refractivity contribution in [2.45, 2.75) is 6.10 Å². The number of pyridine rings is 1. The van der Waals surface area contributed by atoms with Gasteiger partial charge in [-0.15, -0.1) is 10.2 Å². The van der Waals surface area contributed by atoms with Crippen LogP contribution < -0.4 is 4.90 Å². The topological polar surface area (TPSA) is 133 Å². The van der Waals surface area contributed by atoms with Crippen molar-refractivity contribution in [3.8, 4) is 22.6 Å². The van der Waals surface area contributed by atoms with E-state index >= 15 is 0 Å². The number of halogens is 1. The first kappa shape index (κ1) is 21.0. The summed E-state index contributed by atoms with van der Waals surface area (Å²) in [5.74, 6) is -0.192. The average Bonchev–Trinajstić information content (AvgIpc) is 3.31. The Labute approximate surface area is 176 Å². The number of nitrogens with zero attached hydrogens (tertiary/aromatic N) is 6. The standard InChI is InChI=1S/C18H18FN6O5P/c1-24-22-17(21-23-24)16-6-3-11(8-20-16)14-5-4-12(7-15(14)19)25-9-13(30-18(25)26)10-29-31(2,27)28/h3-8,13H,9-10H2,1-2H3,(H,27,28)/t13-/m1/s1. The average molecular weight is 448 g/mol. The molecule has 1 N–H and O–H groups in total. The fourth-order valence-electron chi connectivity index (χ4n) is 3.02. The van der Waals surface area contributed by atoms with E-state index < -0.39 is 25.6 Å². The van der Waals surface area contributed by atoms with Crippen LogP contribution in [0.2, 0.25) is 0 Å². The second-order valence-electron chi connectivity index (χ2n) is 6.91. The van der Waals surface area contributed by atoms with E-state index in [9.17, 15) is 18.6 Å². The highest BCUT2D eigenvalue weighted by Crippen LogP contribution is 2.37. The Morgan fingerprint density at radius 2 is 2.16 bits per heavy atom. The predicted octanol–water partition coefficient (Wildman–Crippen LogP) is 2.24. The van der Waals surface area contributed by atoms with Crippen LogP contribution in [0.5, 0.6) is 0 Å². The van der Waals surface area contributed by atoms with Crippen LogP contribution in [0, 0.1) is 5.82 Å². The zero-order valence-electron chi connectivity index (χ0n) is 16.5. The molecular weight excluding hydrogens is 430 g/mol. The second-order valence-corrected chi connectivity index (χ2v) is 8.78. The lowest BCUT2D eigenvalue weighted by molar-refractivity contribution is 0.100. The van der Waals surface area contributed by atoms with Crippen LogP contribution in [-0.2, 0) is 20.9 Å². The number of hydrogen-bond donors (Lipinski definition) is 1. The summed E-state index contributed by atoms with van der Waals surface area (Å²) in [5.41, 5.74) is 1.63. The van der Waals surface area contributed by atoms with E-state index in [1.807, 2.05) is 0 Å². The molecule has 3 heterocycles. The monoisotopic (exact) mass is 448 g/mol. The van der Waals surface area contributed by atoms with Crippen LogP contribution in [0.25, 0.3) is 22.6 Å². The van der Waals surface area contributed by atoms with Crippen molar-refractivity contribution in [1.29, 1.82) is 0 Å².